The molecule has 2 rings (SSSR count). The molecule has 1 amide bonds. The number of rotatable bonds is 6. The Labute approximate surface area is 144 Å². The fourth-order valence-corrected chi connectivity index (χ4v) is 2.91. The summed E-state index contributed by atoms with van der Waals surface area (Å²) < 4.78 is 29.3. The van der Waals surface area contributed by atoms with Crippen molar-refractivity contribution >= 4 is 29.2 Å². The topological polar surface area (TPSA) is 65.1 Å². The maximum Gasteiger partial charge on any atom is 0.341 e. The van der Waals surface area contributed by atoms with E-state index >= 15 is 0 Å². The van der Waals surface area contributed by atoms with Crippen LogP contribution < -0.4 is 9.64 Å². The minimum absolute atomic E-state index is 0.0957. The Morgan fingerprint density at radius 1 is 1.46 bits per heavy atom. The van der Waals surface area contributed by atoms with Gasteiger partial charge in [0.2, 0.25) is 0 Å². The molecule has 1 heterocycles. The first kappa shape index (κ1) is 18.5. The van der Waals surface area contributed by atoms with Crippen LogP contribution in [0.25, 0.3) is 0 Å². The first-order valence-electron chi connectivity index (χ1n) is 7.40. The highest BCUT2D eigenvalue weighted by molar-refractivity contribution is 6.36. The largest absolute Gasteiger partial charge is 0.467 e. The Hall–Kier alpha value is -1.86. The maximum absolute atomic E-state index is 14.4. The van der Waals surface area contributed by atoms with Gasteiger partial charge in [0, 0.05) is 31.3 Å². The summed E-state index contributed by atoms with van der Waals surface area (Å²) >= 11 is 5.77. The van der Waals surface area contributed by atoms with Crippen LogP contribution in [0, 0.1) is 5.92 Å². The van der Waals surface area contributed by atoms with Gasteiger partial charge in [0.1, 0.15) is 11.3 Å². The molecule has 6 nitrogen and oxygen atoms in total. The molecule has 24 heavy (non-hydrogen) atoms. The summed E-state index contributed by atoms with van der Waals surface area (Å²) in [6, 6.07) is 4.44. The lowest BCUT2D eigenvalue weighted by Gasteiger charge is -2.19. The third kappa shape index (κ3) is 3.32. The molecule has 0 radical (unpaired) electrons. The summed E-state index contributed by atoms with van der Waals surface area (Å²) in [5.74, 6) is -1.85. The van der Waals surface area contributed by atoms with Gasteiger partial charge < -0.3 is 19.1 Å². The average molecular weight is 360 g/mol. The van der Waals surface area contributed by atoms with E-state index in [1.54, 1.807) is 6.92 Å². The second-order valence-corrected chi connectivity index (χ2v) is 5.92. The lowest BCUT2D eigenvalue weighted by atomic mass is 10.0. The van der Waals surface area contributed by atoms with Gasteiger partial charge in [-0.05, 0) is 18.6 Å². The summed E-state index contributed by atoms with van der Waals surface area (Å²) in [7, 11) is 2.68. The van der Waals surface area contributed by atoms with E-state index in [4.69, 9.17) is 21.1 Å². The molecule has 0 N–H and O–H groups in total. The van der Waals surface area contributed by atoms with E-state index in [0.29, 0.717) is 12.1 Å². The van der Waals surface area contributed by atoms with Crippen LogP contribution in [0.4, 0.5) is 10.1 Å². The molecule has 1 saturated heterocycles. The van der Waals surface area contributed by atoms with E-state index in [1.165, 1.54) is 37.3 Å². The first-order chi connectivity index (χ1) is 11.4. The van der Waals surface area contributed by atoms with Crippen LogP contribution in [0.5, 0.6) is 5.75 Å². The van der Waals surface area contributed by atoms with Gasteiger partial charge in [-0.25, -0.2) is 9.18 Å². The molecule has 8 heteroatoms. The normalized spacial score (nSPS) is 23.5. The highest BCUT2D eigenvalue weighted by Gasteiger charge is 2.53. The van der Waals surface area contributed by atoms with Crippen molar-refractivity contribution < 1.29 is 28.2 Å². The molecule has 0 aromatic heterocycles. The van der Waals surface area contributed by atoms with Gasteiger partial charge >= 0.3 is 5.97 Å². The molecule has 2 atom stereocenters. The van der Waals surface area contributed by atoms with Crippen LogP contribution in [0.15, 0.2) is 18.2 Å². The second kappa shape index (κ2) is 7.36. The van der Waals surface area contributed by atoms with Gasteiger partial charge in [0.15, 0.2) is 6.79 Å². The molecular formula is C16H19ClFNO5. The number of methoxy groups -OCH3 is 2. The number of halogens is 2. The van der Waals surface area contributed by atoms with Crippen LogP contribution in [0.1, 0.15) is 23.7 Å². The molecule has 1 aliphatic rings. The highest BCUT2D eigenvalue weighted by atomic mass is 35.5. The molecule has 1 fully saturated rings. The van der Waals surface area contributed by atoms with Gasteiger partial charge in [-0.15, -0.1) is 0 Å². The van der Waals surface area contributed by atoms with Gasteiger partial charge in [0.25, 0.3) is 11.0 Å². The summed E-state index contributed by atoms with van der Waals surface area (Å²) in [5, 5.41) is -2.43. The van der Waals surface area contributed by atoms with Crippen molar-refractivity contribution in [3.05, 3.63) is 23.8 Å². The molecule has 0 saturated carbocycles. The van der Waals surface area contributed by atoms with Crippen molar-refractivity contribution in [1.82, 2.24) is 0 Å². The zero-order chi connectivity index (χ0) is 17.9. The second-order valence-electron chi connectivity index (χ2n) is 5.37. The number of hydrogen-bond acceptors (Lipinski definition) is 5. The minimum Gasteiger partial charge on any atom is -0.467 e. The Morgan fingerprint density at radius 3 is 2.71 bits per heavy atom. The third-order valence-electron chi connectivity index (χ3n) is 3.95. The fraction of sp³-hybridized carbons (Fsp3) is 0.500. The van der Waals surface area contributed by atoms with Crippen molar-refractivity contribution in [2.45, 2.75) is 18.5 Å². The molecule has 0 bridgehead atoms. The Morgan fingerprint density at radius 2 is 2.17 bits per heavy atom. The Balaban J connectivity index is 2.38. The van der Waals surface area contributed by atoms with E-state index in [2.05, 4.69) is 4.74 Å². The highest BCUT2D eigenvalue weighted by Crippen LogP contribution is 2.41. The van der Waals surface area contributed by atoms with Crippen LogP contribution >= 0.6 is 11.6 Å². The predicted molar refractivity (Wildman–Crippen MR) is 86.1 cm³/mol. The lowest BCUT2D eigenvalue weighted by molar-refractivity contribution is -0.124. The summed E-state index contributed by atoms with van der Waals surface area (Å²) in [5.41, 5.74) is 0.562. The van der Waals surface area contributed by atoms with Gasteiger partial charge in [-0.1, -0.05) is 18.5 Å². The third-order valence-corrected chi connectivity index (χ3v) is 4.42. The molecule has 132 valence electrons. The number of anilines is 1. The molecule has 1 aliphatic heterocycles. The quantitative estimate of drug-likeness (QED) is 0.444. The fourth-order valence-electron chi connectivity index (χ4n) is 2.58. The smallest absolute Gasteiger partial charge is 0.341 e. The van der Waals surface area contributed by atoms with Crippen molar-refractivity contribution in [2.24, 2.45) is 5.92 Å². The molecule has 2 unspecified atom stereocenters. The lowest BCUT2D eigenvalue weighted by Crippen LogP contribution is -2.34. The van der Waals surface area contributed by atoms with Crippen molar-refractivity contribution in [3.8, 4) is 5.75 Å². The number of carbonyl (C=O) groups is 2. The molecular weight excluding hydrogens is 341 g/mol. The molecule has 1 aromatic rings. The number of alkyl halides is 2. The van der Waals surface area contributed by atoms with Gasteiger partial charge in [0.05, 0.1) is 7.11 Å². The van der Waals surface area contributed by atoms with E-state index in [9.17, 15) is 14.0 Å². The van der Waals surface area contributed by atoms with Crippen LogP contribution in [-0.4, -0.2) is 44.6 Å². The number of benzene rings is 1. The van der Waals surface area contributed by atoms with E-state index in [-0.39, 0.29) is 24.7 Å². The van der Waals surface area contributed by atoms with Crippen molar-refractivity contribution in [1.29, 1.82) is 0 Å². The summed E-state index contributed by atoms with van der Waals surface area (Å²) in [4.78, 5) is 25.3. The van der Waals surface area contributed by atoms with E-state index in [1.807, 2.05) is 0 Å². The predicted octanol–water partition coefficient (Wildman–Crippen LogP) is 2.73. The minimum atomic E-state index is -2.43. The SMILES string of the molecule is CCC1CN(c2ccc(C(=O)OC)c(OCOC)c2)C(=O)C1(F)Cl. The number of amides is 1. The monoisotopic (exact) mass is 359 g/mol. The van der Waals surface area contributed by atoms with E-state index in [0.717, 1.165) is 0 Å². The Kier molecular flexibility index (Phi) is 5.66. The van der Waals surface area contributed by atoms with Crippen LogP contribution in [0.3, 0.4) is 0 Å². The zero-order valence-corrected chi connectivity index (χ0v) is 14.4. The maximum atomic E-state index is 14.4. The molecule has 0 aliphatic carbocycles. The standard InChI is InChI=1S/C16H19ClFNO5/c1-4-10-8-19(15(21)16(10,17)18)11-5-6-12(14(20)23-3)13(7-11)24-9-22-2/h5-7,10H,4,8-9H2,1-3H3. The molecule has 1 aromatic carbocycles. The number of esters is 1. The van der Waals surface area contributed by atoms with E-state index < -0.39 is 22.9 Å². The zero-order valence-electron chi connectivity index (χ0n) is 13.7. The van der Waals surface area contributed by atoms with Gasteiger partial charge in [-0.2, -0.15) is 0 Å². The van der Waals surface area contributed by atoms with Crippen LogP contribution in [-0.2, 0) is 14.3 Å². The first-order valence-corrected chi connectivity index (χ1v) is 7.78. The summed E-state index contributed by atoms with van der Waals surface area (Å²) in [6.07, 6.45) is 0.426. The number of carbonyl (C=O) groups excluding carboxylic acids is 2. The number of nitrogens with zero attached hydrogens (tertiary/aromatic N) is 1. The number of ether oxygens (including phenoxy) is 3. The molecule has 0 spiro atoms. The van der Waals surface area contributed by atoms with Crippen molar-refractivity contribution in [3.63, 3.8) is 0 Å². The van der Waals surface area contributed by atoms with Crippen LogP contribution in [0.2, 0.25) is 0 Å². The van der Waals surface area contributed by atoms with Gasteiger partial charge in [-0.3, -0.25) is 4.79 Å². The van der Waals surface area contributed by atoms with Crippen molar-refractivity contribution in [2.75, 3.05) is 32.5 Å². The average Bonchev–Trinajstić information content (AvgIpc) is 2.81. The Bertz CT molecular complexity index is 637. The summed E-state index contributed by atoms with van der Waals surface area (Å²) in [6.45, 7) is 1.82. The number of hydrogen-bond donors (Lipinski definition) is 0.